The second kappa shape index (κ2) is 8.63. The molecule has 0 bridgehead atoms. The lowest BCUT2D eigenvalue weighted by Crippen LogP contribution is -2.42. The number of carbonyl (C=O) groups excluding carboxylic acids is 1. The molecule has 1 amide bonds. The minimum Gasteiger partial charge on any atom is -0.333 e. The van der Waals surface area contributed by atoms with E-state index in [1.54, 1.807) is 0 Å². The summed E-state index contributed by atoms with van der Waals surface area (Å²) in [4.78, 5) is 14.7. The molecule has 0 aromatic heterocycles. The standard InChI is InChI=1S/C26H27ClN2O/c1-17(2)18-7-9-19(10-8-18)20-11-12-21(24(27)13-20)14-25(28)26(30)29-15-22-5-3-4-6-23(22)16-29/h3-13,17,25H,14-16,28H2,1-2H3. The van der Waals surface area contributed by atoms with Crippen LogP contribution in [0, 0.1) is 0 Å². The molecule has 0 fully saturated rings. The van der Waals surface area contributed by atoms with E-state index < -0.39 is 6.04 Å². The molecule has 0 aliphatic carbocycles. The zero-order chi connectivity index (χ0) is 21.3. The molecule has 3 aromatic rings. The van der Waals surface area contributed by atoms with Crippen LogP contribution in [0.15, 0.2) is 66.7 Å². The van der Waals surface area contributed by atoms with Gasteiger partial charge in [0.05, 0.1) is 6.04 Å². The molecule has 0 radical (unpaired) electrons. The van der Waals surface area contributed by atoms with Crippen molar-refractivity contribution < 1.29 is 4.79 Å². The molecule has 30 heavy (non-hydrogen) atoms. The molecule has 1 heterocycles. The zero-order valence-electron chi connectivity index (χ0n) is 17.4. The first-order valence-corrected chi connectivity index (χ1v) is 10.8. The third-order valence-corrected chi connectivity index (χ3v) is 6.23. The first-order chi connectivity index (χ1) is 14.4. The van der Waals surface area contributed by atoms with E-state index >= 15 is 0 Å². The van der Waals surface area contributed by atoms with E-state index in [2.05, 4.69) is 56.3 Å². The van der Waals surface area contributed by atoms with Crippen molar-refractivity contribution in [1.82, 2.24) is 4.90 Å². The molecule has 3 nitrogen and oxygen atoms in total. The van der Waals surface area contributed by atoms with Crippen molar-refractivity contribution in [2.24, 2.45) is 5.73 Å². The maximum Gasteiger partial charge on any atom is 0.240 e. The number of benzene rings is 3. The highest BCUT2D eigenvalue weighted by molar-refractivity contribution is 6.31. The van der Waals surface area contributed by atoms with Crippen LogP contribution in [0.5, 0.6) is 0 Å². The monoisotopic (exact) mass is 418 g/mol. The number of nitrogens with two attached hydrogens (primary N) is 1. The van der Waals surface area contributed by atoms with Crippen LogP contribution in [-0.4, -0.2) is 16.8 Å². The van der Waals surface area contributed by atoms with Crippen LogP contribution in [0.2, 0.25) is 5.02 Å². The molecule has 2 N–H and O–H groups in total. The lowest BCUT2D eigenvalue weighted by molar-refractivity contribution is -0.133. The SMILES string of the molecule is CC(C)c1ccc(-c2ccc(CC(N)C(=O)N3Cc4ccccc4C3)c(Cl)c2)cc1. The van der Waals surface area contributed by atoms with E-state index in [0.717, 1.165) is 16.7 Å². The molecule has 1 aliphatic heterocycles. The van der Waals surface area contributed by atoms with Gasteiger partial charge in [0.25, 0.3) is 0 Å². The molecule has 0 saturated carbocycles. The first kappa shape index (κ1) is 20.6. The van der Waals surface area contributed by atoms with Crippen molar-refractivity contribution in [2.45, 2.75) is 45.3 Å². The Balaban J connectivity index is 1.44. The molecule has 0 saturated heterocycles. The Hall–Kier alpha value is -2.62. The summed E-state index contributed by atoms with van der Waals surface area (Å²) in [5.74, 6) is 0.475. The van der Waals surface area contributed by atoms with E-state index in [4.69, 9.17) is 17.3 Å². The van der Waals surface area contributed by atoms with Gasteiger partial charge in [-0.2, -0.15) is 0 Å². The molecule has 4 heteroatoms. The second-order valence-corrected chi connectivity index (χ2v) is 8.76. The summed E-state index contributed by atoms with van der Waals surface area (Å²) in [6, 6.07) is 22.1. The maximum absolute atomic E-state index is 12.9. The molecule has 1 aliphatic rings. The normalized spacial score (nSPS) is 14.1. The largest absolute Gasteiger partial charge is 0.333 e. The van der Waals surface area contributed by atoms with Crippen molar-refractivity contribution >= 4 is 17.5 Å². The summed E-state index contributed by atoms with van der Waals surface area (Å²) in [6.45, 7) is 5.63. The average Bonchev–Trinajstić information content (AvgIpc) is 3.19. The highest BCUT2D eigenvalue weighted by Crippen LogP contribution is 2.28. The Kier molecular flexibility index (Phi) is 5.94. The predicted molar refractivity (Wildman–Crippen MR) is 123 cm³/mol. The minimum atomic E-state index is -0.604. The third-order valence-electron chi connectivity index (χ3n) is 5.87. The van der Waals surface area contributed by atoms with Crippen LogP contribution in [0.3, 0.4) is 0 Å². The lowest BCUT2D eigenvalue weighted by Gasteiger charge is -2.21. The number of fused-ring (bicyclic) bond motifs is 1. The van der Waals surface area contributed by atoms with E-state index in [-0.39, 0.29) is 5.91 Å². The van der Waals surface area contributed by atoms with Gasteiger partial charge in [0.2, 0.25) is 5.91 Å². The zero-order valence-corrected chi connectivity index (χ0v) is 18.2. The van der Waals surface area contributed by atoms with Gasteiger partial charge in [0, 0.05) is 18.1 Å². The van der Waals surface area contributed by atoms with Crippen LogP contribution < -0.4 is 5.73 Å². The number of nitrogens with zero attached hydrogens (tertiary/aromatic N) is 1. The van der Waals surface area contributed by atoms with Gasteiger partial charge in [0.15, 0.2) is 0 Å². The number of amides is 1. The van der Waals surface area contributed by atoms with Crippen LogP contribution in [0.25, 0.3) is 11.1 Å². The predicted octanol–water partition coefficient (Wildman–Crippen LogP) is 5.54. The van der Waals surface area contributed by atoms with Crippen molar-refractivity contribution in [1.29, 1.82) is 0 Å². The summed E-state index contributed by atoms with van der Waals surface area (Å²) in [7, 11) is 0. The molecular formula is C26H27ClN2O. The highest BCUT2D eigenvalue weighted by atomic mass is 35.5. The van der Waals surface area contributed by atoms with Crippen molar-refractivity contribution in [3.05, 3.63) is 94.0 Å². The number of rotatable bonds is 5. The van der Waals surface area contributed by atoms with Gasteiger partial charge in [-0.25, -0.2) is 0 Å². The molecule has 3 aromatic carbocycles. The van der Waals surface area contributed by atoms with Gasteiger partial charge < -0.3 is 10.6 Å². The quantitative estimate of drug-likeness (QED) is 0.591. The van der Waals surface area contributed by atoms with Gasteiger partial charge in [-0.05, 0) is 51.8 Å². The highest BCUT2D eigenvalue weighted by Gasteiger charge is 2.27. The van der Waals surface area contributed by atoms with Gasteiger partial charge >= 0.3 is 0 Å². The summed E-state index contributed by atoms with van der Waals surface area (Å²) >= 11 is 6.56. The van der Waals surface area contributed by atoms with Crippen LogP contribution in [-0.2, 0) is 24.3 Å². The number of carbonyl (C=O) groups is 1. The molecule has 154 valence electrons. The molecule has 1 unspecified atom stereocenters. The molecule has 0 spiro atoms. The summed E-state index contributed by atoms with van der Waals surface area (Å²) in [5, 5.41) is 0.647. The van der Waals surface area contributed by atoms with E-state index in [0.29, 0.717) is 30.5 Å². The molecule has 1 atom stereocenters. The summed E-state index contributed by atoms with van der Waals surface area (Å²) in [6.07, 6.45) is 0.428. The van der Waals surface area contributed by atoms with Gasteiger partial charge in [-0.1, -0.05) is 86.1 Å². The first-order valence-electron chi connectivity index (χ1n) is 10.4. The van der Waals surface area contributed by atoms with Crippen LogP contribution in [0.1, 0.15) is 42.0 Å². The van der Waals surface area contributed by atoms with Crippen molar-refractivity contribution in [3.63, 3.8) is 0 Å². The number of hydrogen-bond donors (Lipinski definition) is 1. The van der Waals surface area contributed by atoms with Gasteiger partial charge in [-0.3, -0.25) is 4.79 Å². The van der Waals surface area contributed by atoms with E-state index in [1.807, 2.05) is 29.2 Å². The Morgan fingerprint density at radius 3 is 2.13 bits per heavy atom. The minimum absolute atomic E-state index is 0.0318. The van der Waals surface area contributed by atoms with Gasteiger partial charge in [-0.15, -0.1) is 0 Å². The fourth-order valence-electron chi connectivity index (χ4n) is 4.00. The summed E-state index contributed by atoms with van der Waals surface area (Å²) < 4.78 is 0. The number of halogens is 1. The Bertz CT molecular complexity index is 1030. The van der Waals surface area contributed by atoms with E-state index in [9.17, 15) is 4.79 Å². The Morgan fingerprint density at radius 1 is 0.967 bits per heavy atom. The van der Waals surface area contributed by atoms with Crippen LogP contribution >= 0.6 is 11.6 Å². The fraction of sp³-hybridized carbons (Fsp3) is 0.269. The average molecular weight is 419 g/mol. The summed E-state index contributed by atoms with van der Waals surface area (Å²) in [5.41, 5.74) is 13.1. The topological polar surface area (TPSA) is 46.3 Å². The molecular weight excluding hydrogens is 392 g/mol. The number of hydrogen-bond acceptors (Lipinski definition) is 2. The Morgan fingerprint density at radius 2 is 1.57 bits per heavy atom. The van der Waals surface area contributed by atoms with E-state index in [1.165, 1.54) is 16.7 Å². The van der Waals surface area contributed by atoms with Crippen molar-refractivity contribution in [3.8, 4) is 11.1 Å². The van der Waals surface area contributed by atoms with Crippen molar-refractivity contribution in [2.75, 3.05) is 0 Å². The van der Waals surface area contributed by atoms with Crippen LogP contribution in [0.4, 0.5) is 0 Å². The lowest BCUT2D eigenvalue weighted by atomic mass is 9.97. The third kappa shape index (κ3) is 4.28. The smallest absolute Gasteiger partial charge is 0.240 e. The second-order valence-electron chi connectivity index (χ2n) is 8.36. The van der Waals surface area contributed by atoms with Gasteiger partial charge in [0.1, 0.15) is 0 Å². The maximum atomic E-state index is 12.9. The Labute approximate surface area is 183 Å². The fourth-order valence-corrected chi connectivity index (χ4v) is 4.26. The molecule has 4 rings (SSSR count).